The molecule has 0 heterocycles. The Morgan fingerprint density at radius 1 is 1.03 bits per heavy atom. The van der Waals surface area contributed by atoms with Crippen molar-refractivity contribution in [2.45, 2.75) is 122 Å². The van der Waals surface area contributed by atoms with Gasteiger partial charge in [0.15, 0.2) is 0 Å². The number of sulfonamides is 1. The lowest BCUT2D eigenvalue weighted by Gasteiger charge is -2.65. The molecule has 3 N–H and O–H groups in total. The number of hydrogen-bond acceptors (Lipinski definition) is 5. The van der Waals surface area contributed by atoms with Crippen molar-refractivity contribution in [3.8, 4) is 0 Å². The van der Waals surface area contributed by atoms with Gasteiger partial charge in [-0.15, -0.1) is 0 Å². The first-order chi connectivity index (χ1) is 17.3. The van der Waals surface area contributed by atoms with Gasteiger partial charge < -0.3 is 10.2 Å². The van der Waals surface area contributed by atoms with E-state index in [0.29, 0.717) is 37.5 Å². The number of hydrogen-bond donors (Lipinski definition) is 3. The van der Waals surface area contributed by atoms with E-state index in [2.05, 4.69) is 32.4 Å². The number of halogens is 1. The van der Waals surface area contributed by atoms with Crippen LogP contribution in [-0.4, -0.2) is 48.2 Å². The second-order valence-electron chi connectivity index (χ2n) is 13.9. The molecule has 0 bridgehead atoms. The first kappa shape index (κ1) is 27.8. The van der Waals surface area contributed by atoms with E-state index in [1.54, 1.807) is 0 Å². The molecule has 5 aliphatic carbocycles. The second kappa shape index (κ2) is 9.72. The van der Waals surface area contributed by atoms with Crippen LogP contribution in [0.3, 0.4) is 0 Å². The molecular weight excluding hydrogens is 493 g/mol. The van der Waals surface area contributed by atoms with Gasteiger partial charge in [0.2, 0.25) is 15.9 Å². The van der Waals surface area contributed by atoms with E-state index >= 15 is 4.39 Å². The van der Waals surface area contributed by atoms with Gasteiger partial charge in [0.25, 0.3) is 0 Å². The van der Waals surface area contributed by atoms with Crippen molar-refractivity contribution < 1.29 is 27.8 Å². The number of alkyl halides is 1. The highest BCUT2D eigenvalue weighted by Crippen LogP contribution is 2.69. The van der Waals surface area contributed by atoms with E-state index in [9.17, 15) is 23.4 Å². The molecule has 0 aromatic heterocycles. The lowest BCUT2D eigenvalue weighted by molar-refractivity contribution is -0.222. The normalized spacial score (nSPS) is 48.5. The number of carbonyl (C=O) groups is 1. The smallest absolute Gasteiger partial charge is 0.237 e. The number of rotatable bonds is 7. The molecule has 37 heavy (non-hydrogen) atoms. The molecule has 0 aromatic rings. The van der Waals surface area contributed by atoms with Crippen molar-refractivity contribution in [3.05, 3.63) is 0 Å². The van der Waals surface area contributed by atoms with Crippen LogP contribution in [0.15, 0.2) is 0 Å². The van der Waals surface area contributed by atoms with Crippen molar-refractivity contribution in [1.29, 1.82) is 0 Å². The Labute approximate surface area is 222 Å². The van der Waals surface area contributed by atoms with Crippen LogP contribution in [0.5, 0.6) is 0 Å². The molecule has 0 aliphatic heterocycles. The van der Waals surface area contributed by atoms with Gasteiger partial charge in [-0.25, -0.2) is 12.8 Å². The summed E-state index contributed by atoms with van der Waals surface area (Å²) in [6, 6.07) is 0. The largest absolute Gasteiger partial charge is 0.393 e. The fourth-order valence-corrected chi connectivity index (χ4v) is 11.5. The van der Waals surface area contributed by atoms with Gasteiger partial charge in [-0.2, -0.15) is 0 Å². The fourth-order valence-electron chi connectivity index (χ4n) is 10.2. The highest BCUT2D eigenvalue weighted by Gasteiger charge is 2.66. The van der Waals surface area contributed by atoms with Crippen LogP contribution < -0.4 is 4.72 Å². The van der Waals surface area contributed by atoms with Gasteiger partial charge in [-0.05, 0) is 104 Å². The summed E-state index contributed by atoms with van der Waals surface area (Å²) >= 11 is 0. The van der Waals surface area contributed by atoms with Crippen LogP contribution in [0.1, 0.15) is 98.3 Å². The fraction of sp³-hybridized carbons (Fsp3) is 0.966. The third kappa shape index (κ3) is 4.49. The van der Waals surface area contributed by atoms with Crippen LogP contribution in [0.25, 0.3) is 0 Å². The monoisotopic (exact) mass is 541 g/mol. The summed E-state index contributed by atoms with van der Waals surface area (Å²) in [7, 11) is -3.50. The van der Waals surface area contributed by atoms with E-state index in [1.165, 1.54) is 0 Å². The third-order valence-electron chi connectivity index (χ3n) is 12.2. The minimum Gasteiger partial charge on any atom is -0.393 e. The van der Waals surface area contributed by atoms with Gasteiger partial charge >= 0.3 is 0 Å². The van der Waals surface area contributed by atoms with Crippen molar-refractivity contribution >= 4 is 15.9 Å². The number of aliphatic hydroxyl groups is 2. The maximum absolute atomic E-state index is 15.5. The van der Waals surface area contributed by atoms with Crippen molar-refractivity contribution in [1.82, 2.24) is 4.72 Å². The second-order valence-corrected chi connectivity index (χ2v) is 15.9. The number of aliphatic hydroxyl groups excluding tert-OH is 2. The standard InChI is InChI=1S/C29H48FNO5S/c1-5-18-25-26(30)22(32)13-15-29(25,4)21-12-14-28(3)19(9-10-20(28)24(21)27(18)34)16(2)6-11-23(33)31-37(35,36)17-7-8-17/h16-22,24-27,32,34H,5-15H2,1-4H3,(H,31,33)/t16-,18-,19-,20+,21+,22-,24+,25-,26+,27-,28-,29-/m1/s1. The Bertz CT molecular complexity index is 987. The Balaban J connectivity index is 1.31. The predicted molar refractivity (Wildman–Crippen MR) is 141 cm³/mol. The van der Waals surface area contributed by atoms with Crippen molar-refractivity contribution in [2.75, 3.05) is 0 Å². The van der Waals surface area contributed by atoms with Gasteiger partial charge in [-0.1, -0.05) is 34.1 Å². The maximum Gasteiger partial charge on any atom is 0.237 e. The molecule has 212 valence electrons. The summed E-state index contributed by atoms with van der Waals surface area (Å²) in [5, 5.41) is 21.8. The van der Waals surface area contributed by atoms with Gasteiger partial charge in [-0.3, -0.25) is 9.52 Å². The molecular formula is C29H48FNO5S. The molecule has 5 saturated carbocycles. The molecule has 5 aliphatic rings. The van der Waals surface area contributed by atoms with Crippen LogP contribution in [-0.2, 0) is 14.8 Å². The van der Waals surface area contributed by atoms with Gasteiger partial charge in [0.1, 0.15) is 6.17 Å². The minimum atomic E-state index is -3.50. The maximum atomic E-state index is 15.5. The lowest BCUT2D eigenvalue weighted by atomic mass is 9.41. The van der Waals surface area contributed by atoms with E-state index in [-0.39, 0.29) is 46.8 Å². The average Bonchev–Trinajstić information content (AvgIpc) is 3.64. The van der Waals surface area contributed by atoms with Crippen molar-refractivity contribution in [3.63, 3.8) is 0 Å². The Morgan fingerprint density at radius 3 is 2.32 bits per heavy atom. The molecule has 0 unspecified atom stereocenters. The number of carbonyl (C=O) groups excluding carboxylic acids is 1. The average molecular weight is 542 g/mol. The summed E-state index contributed by atoms with van der Waals surface area (Å²) in [5.74, 6) is 0.682. The first-order valence-corrected chi connectivity index (χ1v) is 16.4. The molecule has 0 saturated heterocycles. The summed E-state index contributed by atoms with van der Waals surface area (Å²) in [4.78, 5) is 12.4. The summed E-state index contributed by atoms with van der Waals surface area (Å²) < 4.78 is 42.0. The number of amides is 1. The van der Waals surface area contributed by atoms with Crippen LogP contribution in [0, 0.1) is 52.3 Å². The molecule has 8 heteroatoms. The third-order valence-corrected chi connectivity index (χ3v) is 14.1. The summed E-state index contributed by atoms with van der Waals surface area (Å²) in [5.41, 5.74) is -0.137. The van der Waals surface area contributed by atoms with E-state index < -0.39 is 39.6 Å². The zero-order valence-electron chi connectivity index (χ0n) is 23.0. The lowest BCUT2D eigenvalue weighted by Crippen LogP contribution is -2.65. The van der Waals surface area contributed by atoms with Gasteiger partial charge in [0.05, 0.1) is 17.5 Å². The Hall–Kier alpha value is -0.730. The quantitative estimate of drug-likeness (QED) is 0.438. The molecule has 5 rings (SSSR count). The van der Waals surface area contributed by atoms with E-state index in [4.69, 9.17) is 0 Å². The zero-order chi connectivity index (χ0) is 26.9. The Kier molecular flexibility index (Phi) is 7.31. The number of fused-ring (bicyclic) bond motifs is 5. The molecule has 0 aromatic carbocycles. The topological polar surface area (TPSA) is 104 Å². The van der Waals surface area contributed by atoms with Crippen LogP contribution in [0.4, 0.5) is 4.39 Å². The predicted octanol–water partition coefficient (Wildman–Crippen LogP) is 4.59. The van der Waals surface area contributed by atoms with Crippen LogP contribution in [0.2, 0.25) is 0 Å². The summed E-state index contributed by atoms with van der Waals surface area (Å²) in [6.45, 7) is 8.88. The van der Waals surface area contributed by atoms with Gasteiger partial charge in [0, 0.05) is 12.3 Å². The SMILES string of the molecule is CC[C@H]1[C@@H](O)[C@@H]2[C@H](CC[C@]3(C)[C@@H]([C@H](C)CCC(=O)NS(=O)(=O)C4CC4)CC[C@@H]23)[C@@]2(C)CC[C@@H](O)[C@H](F)[C@@H]12. The minimum absolute atomic E-state index is 0.0584. The molecule has 5 fully saturated rings. The van der Waals surface area contributed by atoms with E-state index in [0.717, 1.165) is 38.5 Å². The van der Waals surface area contributed by atoms with Crippen molar-refractivity contribution in [2.24, 2.45) is 52.3 Å². The zero-order valence-corrected chi connectivity index (χ0v) is 23.9. The highest BCUT2D eigenvalue weighted by molar-refractivity contribution is 7.90. The van der Waals surface area contributed by atoms with E-state index in [1.807, 2.05) is 0 Å². The first-order valence-electron chi connectivity index (χ1n) is 14.9. The summed E-state index contributed by atoms with van der Waals surface area (Å²) in [6.07, 6.45) is 5.60. The molecule has 12 atom stereocenters. The van der Waals surface area contributed by atoms with Crippen LogP contribution >= 0.6 is 0 Å². The molecule has 0 radical (unpaired) electrons. The highest BCUT2D eigenvalue weighted by atomic mass is 32.2. The number of nitrogens with one attached hydrogen (secondary N) is 1. The molecule has 0 spiro atoms. The Morgan fingerprint density at radius 2 is 1.68 bits per heavy atom. The molecule has 1 amide bonds. The molecule has 6 nitrogen and oxygen atoms in total.